The number of aryl methyl sites for hydroxylation is 1. The first-order chi connectivity index (χ1) is 15.2. The second-order valence-electron chi connectivity index (χ2n) is 7.05. The Hall–Kier alpha value is -3.98. The summed E-state index contributed by atoms with van der Waals surface area (Å²) in [5.41, 5.74) is 11.8. The lowest BCUT2D eigenvalue weighted by molar-refractivity contribution is 0.314. The summed E-state index contributed by atoms with van der Waals surface area (Å²) in [5, 5.41) is 8.33. The largest absolute Gasteiger partial charge is 0.384 e. The van der Waals surface area contributed by atoms with Gasteiger partial charge in [0.25, 0.3) is 0 Å². The van der Waals surface area contributed by atoms with E-state index in [2.05, 4.69) is 31.8 Å². The quantitative estimate of drug-likeness (QED) is 0.446. The number of hydrogen-bond acceptors (Lipinski definition) is 7. The standard InChI is InChI=1S/C21H15ClN8O/c1-2-29-14-6-4-3-5-13(14)24-20(29)15-16-21(26-19-18(25-16)27-31-28-19)30(17(15)23)12-9-7-11(22)8-10-12/h3-10H,2,23H2,1H3. The molecule has 9 nitrogen and oxygen atoms in total. The van der Waals surface area contributed by atoms with E-state index in [9.17, 15) is 0 Å². The number of nitrogen functional groups attached to an aromatic ring is 1. The Morgan fingerprint density at radius 1 is 0.968 bits per heavy atom. The number of hydrogen-bond donors (Lipinski definition) is 1. The van der Waals surface area contributed by atoms with Gasteiger partial charge in [-0.25, -0.2) is 19.6 Å². The molecule has 0 aliphatic carbocycles. The van der Waals surface area contributed by atoms with E-state index in [1.807, 2.05) is 41.0 Å². The molecular weight excluding hydrogens is 416 g/mol. The smallest absolute Gasteiger partial charge is 0.245 e. The van der Waals surface area contributed by atoms with Gasteiger partial charge in [-0.2, -0.15) is 0 Å². The zero-order chi connectivity index (χ0) is 21.1. The Balaban J connectivity index is 1.76. The van der Waals surface area contributed by atoms with Crippen LogP contribution >= 0.6 is 11.6 Å². The fourth-order valence-electron chi connectivity index (χ4n) is 3.96. The fraction of sp³-hybridized carbons (Fsp3) is 0.0952. The van der Waals surface area contributed by atoms with Crippen LogP contribution in [0.1, 0.15) is 6.92 Å². The Kier molecular flexibility index (Phi) is 3.75. The van der Waals surface area contributed by atoms with Gasteiger partial charge in [-0.1, -0.05) is 23.7 Å². The van der Waals surface area contributed by atoms with Gasteiger partial charge in [-0.15, -0.1) is 0 Å². The van der Waals surface area contributed by atoms with Crippen LogP contribution in [0.4, 0.5) is 5.82 Å². The summed E-state index contributed by atoms with van der Waals surface area (Å²) < 4.78 is 8.76. The number of imidazole rings is 1. The molecule has 0 radical (unpaired) electrons. The van der Waals surface area contributed by atoms with Crippen molar-refractivity contribution in [3.8, 4) is 17.1 Å². The summed E-state index contributed by atoms with van der Waals surface area (Å²) in [4.78, 5) is 14.2. The summed E-state index contributed by atoms with van der Waals surface area (Å²) in [5.74, 6) is 1.18. The van der Waals surface area contributed by atoms with E-state index >= 15 is 0 Å². The summed E-state index contributed by atoms with van der Waals surface area (Å²) in [7, 11) is 0. The van der Waals surface area contributed by atoms with Crippen molar-refractivity contribution in [1.29, 1.82) is 0 Å². The minimum atomic E-state index is 0.302. The van der Waals surface area contributed by atoms with Crippen LogP contribution in [0.3, 0.4) is 0 Å². The predicted octanol–water partition coefficient (Wildman–Crippen LogP) is 4.23. The first-order valence-electron chi connectivity index (χ1n) is 9.67. The Bertz CT molecular complexity index is 1600. The molecule has 0 unspecified atom stereocenters. The van der Waals surface area contributed by atoms with Crippen molar-refractivity contribution in [2.75, 3.05) is 5.73 Å². The van der Waals surface area contributed by atoms with Gasteiger partial charge in [0.05, 0.1) is 16.6 Å². The number of nitrogens with zero attached hydrogens (tertiary/aromatic N) is 7. The van der Waals surface area contributed by atoms with Gasteiger partial charge in [0.15, 0.2) is 5.65 Å². The van der Waals surface area contributed by atoms with E-state index in [4.69, 9.17) is 26.9 Å². The molecule has 152 valence electrons. The average molecular weight is 431 g/mol. The van der Waals surface area contributed by atoms with Crippen LogP contribution in [0.5, 0.6) is 0 Å². The third kappa shape index (κ3) is 2.53. The SMILES string of the molecule is CCn1c(-c2c(N)n(-c3ccc(Cl)cc3)c3nc4nonc4nc23)nc2ccccc21. The molecule has 0 aliphatic heterocycles. The van der Waals surface area contributed by atoms with Crippen molar-refractivity contribution in [3.05, 3.63) is 53.6 Å². The number of para-hydroxylation sites is 2. The van der Waals surface area contributed by atoms with Gasteiger partial charge >= 0.3 is 0 Å². The van der Waals surface area contributed by atoms with Gasteiger partial charge in [-0.05, 0) is 53.6 Å². The van der Waals surface area contributed by atoms with Crippen LogP contribution in [0.2, 0.25) is 5.02 Å². The van der Waals surface area contributed by atoms with E-state index in [1.54, 1.807) is 12.1 Å². The molecule has 31 heavy (non-hydrogen) atoms. The Labute approximate surface area is 180 Å². The molecule has 0 bridgehead atoms. The van der Waals surface area contributed by atoms with Crippen molar-refractivity contribution in [2.24, 2.45) is 0 Å². The summed E-state index contributed by atoms with van der Waals surface area (Å²) in [6.07, 6.45) is 0. The molecule has 6 aromatic rings. The first kappa shape index (κ1) is 17.8. The zero-order valence-electron chi connectivity index (χ0n) is 16.3. The number of benzene rings is 2. The van der Waals surface area contributed by atoms with Crippen molar-refractivity contribution in [3.63, 3.8) is 0 Å². The molecule has 0 saturated carbocycles. The monoisotopic (exact) mass is 430 g/mol. The highest BCUT2D eigenvalue weighted by Crippen LogP contribution is 2.38. The van der Waals surface area contributed by atoms with E-state index in [-0.39, 0.29) is 0 Å². The van der Waals surface area contributed by atoms with E-state index in [0.29, 0.717) is 51.2 Å². The maximum atomic E-state index is 6.73. The first-order valence-corrected chi connectivity index (χ1v) is 10.0. The van der Waals surface area contributed by atoms with Crippen molar-refractivity contribution >= 4 is 50.9 Å². The van der Waals surface area contributed by atoms with Crippen LogP contribution in [-0.4, -0.2) is 34.4 Å². The molecule has 10 heteroatoms. The molecular formula is C21H15ClN8O. The maximum Gasteiger partial charge on any atom is 0.245 e. The van der Waals surface area contributed by atoms with Gasteiger partial charge in [0.1, 0.15) is 17.2 Å². The number of anilines is 1. The molecule has 6 rings (SSSR count). The lowest BCUT2D eigenvalue weighted by atomic mass is 10.2. The normalized spacial score (nSPS) is 11.8. The van der Waals surface area contributed by atoms with Crippen LogP contribution in [0.25, 0.3) is 50.6 Å². The summed E-state index contributed by atoms with van der Waals surface area (Å²) >= 11 is 6.09. The molecule has 0 atom stereocenters. The second-order valence-corrected chi connectivity index (χ2v) is 7.48. The molecule has 2 N–H and O–H groups in total. The Morgan fingerprint density at radius 2 is 1.71 bits per heavy atom. The fourth-order valence-corrected chi connectivity index (χ4v) is 4.08. The number of rotatable bonds is 3. The molecule has 0 spiro atoms. The Morgan fingerprint density at radius 3 is 2.48 bits per heavy atom. The van der Waals surface area contributed by atoms with Crippen LogP contribution in [0.15, 0.2) is 53.2 Å². The van der Waals surface area contributed by atoms with Crippen molar-refractivity contribution in [2.45, 2.75) is 13.5 Å². The molecule has 4 heterocycles. The zero-order valence-corrected chi connectivity index (χ0v) is 17.1. The number of aromatic nitrogens is 7. The summed E-state index contributed by atoms with van der Waals surface area (Å²) in [6.45, 7) is 2.78. The number of halogens is 1. The van der Waals surface area contributed by atoms with Gasteiger partial charge in [0.2, 0.25) is 11.3 Å². The molecule has 0 amide bonds. The van der Waals surface area contributed by atoms with Crippen molar-refractivity contribution in [1.82, 2.24) is 34.4 Å². The maximum absolute atomic E-state index is 6.73. The van der Waals surface area contributed by atoms with E-state index < -0.39 is 0 Å². The minimum absolute atomic E-state index is 0.302. The van der Waals surface area contributed by atoms with Gasteiger partial charge in [0, 0.05) is 17.3 Å². The topological polar surface area (TPSA) is 113 Å². The predicted molar refractivity (Wildman–Crippen MR) is 118 cm³/mol. The minimum Gasteiger partial charge on any atom is -0.384 e. The molecule has 0 saturated heterocycles. The highest BCUT2D eigenvalue weighted by molar-refractivity contribution is 6.30. The second kappa shape index (κ2) is 6.51. The lowest BCUT2D eigenvalue weighted by Crippen LogP contribution is -2.03. The number of fused-ring (bicyclic) bond motifs is 3. The summed E-state index contributed by atoms with van der Waals surface area (Å²) in [6, 6.07) is 15.3. The molecule has 2 aromatic carbocycles. The highest BCUT2D eigenvalue weighted by Gasteiger charge is 2.26. The van der Waals surface area contributed by atoms with Gasteiger partial charge < -0.3 is 10.3 Å². The highest BCUT2D eigenvalue weighted by atomic mass is 35.5. The van der Waals surface area contributed by atoms with Gasteiger partial charge in [-0.3, -0.25) is 4.57 Å². The average Bonchev–Trinajstić information content (AvgIpc) is 3.45. The van der Waals surface area contributed by atoms with E-state index in [1.165, 1.54) is 0 Å². The number of nitrogens with two attached hydrogens (primary N) is 1. The third-order valence-corrected chi connectivity index (χ3v) is 5.57. The van der Waals surface area contributed by atoms with E-state index in [0.717, 1.165) is 16.7 Å². The lowest BCUT2D eigenvalue weighted by Gasteiger charge is -2.09. The molecule has 0 aliphatic rings. The van der Waals surface area contributed by atoms with Crippen LogP contribution < -0.4 is 5.73 Å². The van der Waals surface area contributed by atoms with Crippen LogP contribution in [0, 0.1) is 0 Å². The van der Waals surface area contributed by atoms with Crippen molar-refractivity contribution < 1.29 is 4.63 Å². The third-order valence-electron chi connectivity index (χ3n) is 5.32. The van der Waals surface area contributed by atoms with Crippen LogP contribution in [-0.2, 0) is 6.54 Å². The molecule has 0 fully saturated rings. The molecule has 4 aromatic heterocycles.